The van der Waals surface area contributed by atoms with Crippen LogP contribution in [-0.4, -0.2) is 39.9 Å². The lowest BCUT2D eigenvalue weighted by atomic mass is 9.89. The molecule has 0 radical (unpaired) electrons. The van der Waals surface area contributed by atoms with E-state index in [1.54, 1.807) is 12.4 Å². The highest BCUT2D eigenvalue weighted by Gasteiger charge is 2.21. The van der Waals surface area contributed by atoms with E-state index in [-0.39, 0.29) is 0 Å². The molecule has 0 fully saturated rings. The van der Waals surface area contributed by atoms with Crippen molar-refractivity contribution in [1.82, 2.24) is 39.9 Å². The monoisotopic (exact) mass is 918 g/mol. The fourth-order valence-corrected chi connectivity index (χ4v) is 10.2. The van der Waals surface area contributed by atoms with E-state index in [1.807, 2.05) is 24.5 Å². The van der Waals surface area contributed by atoms with E-state index in [0.29, 0.717) is 34.9 Å². The molecule has 0 saturated heterocycles. The second kappa shape index (κ2) is 16.9. The van der Waals surface area contributed by atoms with Crippen LogP contribution in [0.15, 0.2) is 231 Å². The van der Waals surface area contributed by atoms with Crippen molar-refractivity contribution in [2.75, 3.05) is 0 Å². The molecule has 10 aromatic carbocycles. The Hall–Kier alpha value is -9.92. The van der Waals surface area contributed by atoms with Gasteiger partial charge in [-0.25, -0.2) is 29.9 Å². The van der Waals surface area contributed by atoms with Gasteiger partial charge in [0.05, 0.1) is 0 Å². The largest absolute Gasteiger partial charge is 0.264 e. The van der Waals surface area contributed by atoms with Gasteiger partial charge in [-0.1, -0.05) is 182 Å². The standard InChI is InChI=1S/C64H38N8/c1-3-15-49-41(9-1)11-5-17-53(49)61-67-59(45-23-19-39(20-24-45)47-13-7-35-65-37-47)69-63(71-61)55-33-29-43-28-32-52-56(34-30-44-27-31-51(55)57(43)58(44)52)64-70-60(46-25-21-40(22-26-46)48-14-8-36-66-38-48)68-62(72-64)54-18-6-12-42-10-2-4-16-50(42)54/h1-38H. The molecule has 0 aliphatic heterocycles. The number of hydrogen-bond acceptors (Lipinski definition) is 8. The number of aromatic nitrogens is 8. The van der Waals surface area contributed by atoms with Crippen LogP contribution in [0.25, 0.3) is 144 Å². The van der Waals surface area contributed by atoms with Gasteiger partial charge in [0, 0.05) is 58.2 Å². The van der Waals surface area contributed by atoms with Crippen LogP contribution in [-0.2, 0) is 0 Å². The highest BCUT2D eigenvalue weighted by molar-refractivity contribution is 6.27. The molecule has 334 valence electrons. The third-order valence-corrected chi connectivity index (χ3v) is 13.8. The molecule has 0 aliphatic carbocycles. The third kappa shape index (κ3) is 7.08. The molecular weight excluding hydrogens is 881 g/mol. The maximum absolute atomic E-state index is 5.32. The van der Waals surface area contributed by atoms with Crippen molar-refractivity contribution >= 4 is 53.9 Å². The summed E-state index contributed by atoms with van der Waals surface area (Å²) in [5, 5.41) is 10.9. The number of nitrogens with zero attached hydrogens (tertiary/aromatic N) is 8. The molecule has 0 atom stereocenters. The first-order valence-electron chi connectivity index (χ1n) is 23.9. The fourth-order valence-electron chi connectivity index (χ4n) is 10.2. The van der Waals surface area contributed by atoms with Gasteiger partial charge in [0.1, 0.15) is 0 Å². The second-order valence-corrected chi connectivity index (χ2v) is 18.0. The predicted octanol–water partition coefficient (Wildman–Crippen LogP) is 15.4. The summed E-state index contributed by atoms with van der Waals surface area (Å²) < 4.78 is 0. The molecule has 14 aromatic rings. The van der Waals surface area contributed by atoms with Gasteiger partial charge in [-0.2, -0.15) is 0 Å². The normalized spacial score (nSPS) is 11.6. The Morgan fingerprint density at radius 3 is 0.986 bits per heavy atom. The van der Waals surface area contributed by atoms with Gasteiger partial charge in [-0.15, -0.1) is 0 Å². The molecule has 0 saturated carbocycles. The summed E-state index contributed by atoms with van der Waals surface area (Å²) in [5.74, 6) is 3.58. The minimum absolute atomic E-state index is 0.591. The predicted molar refractivity (Wildman–Crippen MR) is 291 cm³/mol. The Morgan fingerprint density at radius 2 is 0.569 bits per heavy atom. The molecular formula is C64H38N8. The van der Waals surface area contributed by atoms with Crippen molar-refractivity contribution < 1.29 is 0 Å². The van der Waals surface area contributed by atoms with Crippen LogP contribution >= 0.6 is 0 Å². The molecule has 72 heavy (non-hydrogen) atoms. The maximum Gasteiger partial charge on any atom is 0.164 e. The molecule has 0 amide bonds. The van der Waals surface area contributed by atoms with Crippen LogP contribution in [0.4, 0.5) is 0 Å². The van der Waals surface area contributed by atoms with E-state index >= 15 is 0 Å². The molecule has 0 N–H and O–H groups in total. The molecule has 14 rings (SSSR count). The van der Waals surface area contributed by atoms with E-state index < -0.39 is 0 Å². The summed E-state index contributed by atoms with van der Waals surface area (Å²) in [7, 11) is 0. The number of fused-ring (bicyclic) bond motifs is 2. The zero-order chi connectivity index (χ0) is 47.5. The zero-order valence-electron chi connectivity index (χ0n) is 38.5. The average Bonchev–Trinajstić information content (AvgIpc) is 3.46. The zero-order valence-corrected chi connectivity index (χ0v) is 38.5. The lowest BCUT2D eigenvalue weighted by Gasteiger charge is -2.17. The second-order valence-electron chi connectivity index (χ2n) is 18.0. The fraction of sp³-hybridized carbons (Fsp3) is 0. The molecule has 4 heterocycles. The van der Waals surface area contributed by atoms with E-state index in [2.05, 4.69) is 204 Å². The van der Waals surface area contributed by atoms with Crippen LogP contribution in [0.1, 0.15) is 0 Å². The SMILES string of the molecule is c1cncc(-c2ccc(-c3nc(-c4cccc5ccccc45)nc(-c4ccc5ccc6c(-c7nc(-c8ccc(-c9cccnc9)cc8)nc(-c8cccc9ccccc89)n7)ccc7ccc4c5c76)n3)cc2)c1. The number of rotatable bonds is 8. The Morgan fingerprint density at radius 1 is 0.208 bits per heavy atom. The highest BCUT2D eigenvalue weighted by atomic mass is 15.0. The Balaban J connectivity index is 0.952. The van der Waals surface area contributed by atoms with Crippen LogP contribution in [0.5, 0.6) is 0 Å². The van der Waals surface area contributed by atoms with Crippen molar-refractivity contribution in [2.24, 2.45) is 0 Å². The topological polar surface area (TPSA) is 103 Å². The van der Waals surface area contributed by atoms with Crippen molar-refractivity contribution in [3.05, 3.63) is 231 Å². The Bertz CT molecular complexity index is 4080. The van der Waals surface area contributed by atoms with Gasteiger partial charge in [-0.05, 0) is 100 Å². The minimum Gasteiger partial charge on any atom is -0.264 e. The molecule has 0 unspecified atom stereocenters. The van der Waals surface area contributed by atoms with Gasteiger partial charge >= 0.3 is 0 Å². The van der Waals surface area contributed by atoms with E-state index in [1.165, 1.54) is 0 Å². The van der Waals surface area contributed by atoms with Crippen molar-refractivity contribution in [3.63, 3.8) is 0 Å². The number of benzene rings is 10. The van der Waals surface area contributed by atoms with Gasteiger partial charge in [0.15, 0.2) is 34.9 Å². The molecule has 8 nitrogen and oxygen atoms in total. The lowest BCUT2D eigenvalue weighted by molar-refractivity contribution is 1.08. The van der Waals surface area contributed by atoms with E-state index in [0.717, 1.165) is 109 Å². The van der Waals surface area contributed by atoms with Gasteiger partial charge in [0.2, 0.25) is 0 Å². The first kappa shape index (κ1) is 41.1. The minimum atomic E-state index is 0.591. The first-order chi connectivity index (χ1) is 35.7. The summed E-state index contributed by atoms with van der Waals surface area (Å²) in [4.78, 5) is 40.3. The quantitative estimate of drug-likeness (QED) is 0.139. The Labute approximate surface area is 413 Å². The maximum atomic E-state index is 5.32. The van der Waals surface area contributed by atoms with Crippen LogP contribution in [0.3, 0.4) is 0 Å². The number of pyridine rings is 2. The van der Waals surface area contributed by atoms with Crippen LogP contribution < -0.4 is 0 Å². The Kier molecular flexibility index (Phi) is 9.67. The van der Waals surface area contributed by atoms with Crippen LogP contribution in [0, 0.1) is 0 Å². The van der Waals surface area contributed by atoms with E-state index in [4.69, 9.17) is 29.9 Å². The summed E-state index contributed by atoms with van der Waals surface area (Å²) in [6, 6.07) is 71.5. The first-order valence-corrected chi connectivity index (χ1v) is 23.9. The number of hydrogen-bond donors (Lipinski definition) is 0. The van der Waals surface area contributed by atoms with Gasteiger partial charge in [0.25, 0.3) is 0 Å². The van der Waals surface area contributed by atoms with Crippen LogP contribution in [0.2, 0.25) is 0 Å². The summed E-state index contributed by atoms with van der Waals surface area (Å²) in [5.41, 5.74) is 9.70. The average molecular weight is 919 g/mol. The van der Waals surface area contributed by atoms with Gasteiger partial charge < -0.3 is 0 Å². The molecule has 0 spiro atoms. The molecule has 0 aliphatic rings. The van der Waals surface area contributed by atoms with Crippen molar-refractivity contribution in [1.29, 1.82) is 0 Å². The molecule has 4 aromatic heterocycles. The van der Waals surface area contributed by atoms with Crippen molar-refractivity contribution in [3.8, 4) is 90.6 Å². The van der Waals surface area contributed by atoms with E-state index in [9.17, 15) is 0 Å². The smallest absolute Gasteiger partial charge is 0.164 e. The summed E-state index contributed by atoms with van der Waals surface area (Å²) in [6.45, 7) is 0. The molecule has 0 bridgehead atoms. The van der Waals surface area contributed by atoms with Gasteiger partial charge in [-0.3, -0.25) is 9.97 Å². The highest BCUT2D eigenvalue weighted by Crippen LogP contribution is 2.43. The summed E-state index contributed by atoms with van der Waals surface area (Å²) >= 11 is 0. The van der Waals surface area contributed by atoms with Crippen molar-refractivity contribution in [2.45, 2.75) is 0 Å². The molecule has 8 heteroatoms. The third-order valence-electron chi connectivity index (χ3n) is 13.8. The summed E-state index contributed by atoms with van der Waals surface area (Å²) in [6.07, 6.45) is 7.33. The lowest BCUT2D eigenvalue weighted by Crippen LogP contribution is -2.02.